The lowest BCUT2D eigenvalue weighted by molar-refractivity contribution is 0.0697. The van der Waals surface area contributed by atoms with Crippen LogP contribution in [0.15, 0.2) is 48.5 Å². The summed E-state index contributed by atoms with van der Waals surface area (Å²) in [5.74, 6) is -0.0680. The van der Waals surface area contributed by atoms with E-state index in [0.29, 0.717) is 11.6 Å². The summed E-state index contributed by atoms with van der Waals surface area (Å²) in [5.41, 5.74) is 7.64. The molecule has 0 saturated heterocycles. The van der Waals surface area contributed by atoms with Crippen molar-refractivity contribution in [1.29, 1.82) is 0 Å². The van der Waals surface area contributed by atoms with Gasteiger partial charge in [0, 0.05) is 10.9 Å². The average molecular weight is 265 g/mol. The van der Waals surface area contributed by atoms with E-state index in [1.165, 1.54) is 12.1 Å². The number of hydrogen-bond donors (Lipinski definition) is 2. The molecule has 0 aliphatic carbocycles. The smallest absolute Gasteiger partial charge is 0.335 e. The van der Waals surface area contributed by atoms with Crippen LogP contribution in [0.2, 0.25) is 0 Å². The third kappa shape index (κ3) is 2.05. The number of benzene rings is 2. The van der Waals surface area contributed by atoms with E-state index >= 15 is 0 Å². The summed E-state index contributed by atoms with van der Waals surface area (Å²) in [6, 6.07) is 13.9. The zero-order valence-electron chi connectivity index (χ0n) is 10.4. The molecule has 0 radical (unpaired) electrons. The Balaban J connectivity index is 2.12. The molecule has 3 aromatic rings. The average Bonchev–Trinajstić information content (AvgIpc) is 2.47. The van der Waals surface area contributed by atoms with Crippen LogP contribution in [-0.2, 0) is 0 Å². The van der Waals surface area contributed by atoms with Crippen molar-refractivity contribution in [3.63, 3.8) is 0 Å². The van der Waals surface area contributed by atoms with Gasteiger partial charge in [-0.15, -0.1) is 0 Å². The molecule has 1 heterocycles. The van der Waals surface area contributed by atoms with Crippen LogP contribution >= 0.6 is 0 Å². The maximum atomic E-state index is 10.8. The van der Waals surface area contributed by atoms with Gasteiger partial charge in [-0.3, -0.25) is 0 Å². The first-order valence-electron chi connectivity index (χ1n) is 6.01. The quantitative estimate of drug-likeness (QED) is 0.743. The molecule has 0 saturated carbocycles. The lowest BCUT2D eigenvalue weighted by Gasteiger charge is -2.05. The van der Waals surface area contributed by atoms with Crippen LogP contribution < -0.4 is 5.73 Å². The molecule has 98 valence electrons. The Hall–Kier alpha value is -2.95. The van der Waals surface area contributed by atoms with Crippen molar-refractivity contribution in [1.82, 2.24) is 9.97 Å². The molecule has 20 heavy (non-hydrogen) atoms. The molecule has 3 N–H and O–H groups in total. The summed E-state index contributed by atoms with van der Waals surface area (Å²) >= 11 is 0. The number of carboxylic acid groups (broad SMARTS) is 1. The second-order valence-electron chi connectivity index (χ2n) is 4.33. The maximum absolute atomic E-state index is 10.8. The number of anilines is 1. The van der Waals surface area contributed by atoms with Crippen molar-refractivity contribution >= 4 is 22.7 Å². The van der Waals surface area contributed by atoms with Crippen LogP contribution in [0.5, 0.6) is 0 Å². The van der Waals surface area contributed by atoms with Gasteiger partial charge in [0.2, 0.25) is 0 Å². The maximum Gasteiger partial charge on any atom is 0.335 e. The minimum Gasteiger partial charge on any atom is -0.478 e. The molecule has 0 spiro atoms. The molecule has 5 nitrogen and oxygen atoms in total. The monoisotopic (exact) mass is 265 g/mol. The van der Waals surface area contributed by atoms with Gasteiger partial charge in [0.05, 0.1) is 11.1 Å². The summed E-state index contributed by atoms with van der Waals surface area (Å²) in [5, 5.41) is 9.68. The first-order chi connectivity index (χ1) is 9.65. The molecule has 0 atom stereocenters. The highest BCUT2D eigenvalue weighted by Crippen LogP contribution is 2.23. The van der Waals surface area contributed by atoms with Crippen LogP contribution in [-0.4, -0.2) is 21.0 Å². The fraction of sp³-hybridized carbons (Fsp3) is 0. The molecule has 3 rings (SSSR count). The van der Waals surface area contributed by atoms with Gasteiger partial charge >= 0.3 is 5.97 Å². The van der Waals surface area contributed by atoms with E-state index in [2.05, 4.69) is 9.97 Å². The number of nitrogen functional groups attached to an aromatic ring is 1. The Morgan fingerprint density at radius 2 is 1.70 bits per heavy atom. The Morgan fingerprint density at radius 1 is 1.00 bits per heavy atom. The highest BCUT2D eigenvalue weighted by atomic mass is 16.4. The number of aromatic carboxylic acids is 1. The van der Waals surface area contributed by atoms with Crippen molar-refractivity contribution < 1.29 is 9.90 Å². The Bertz CT molecular complexity index is 798. The molecule has 1 aromatic heterocycles. The predicted octanol–water partition coefficient (Wildman–Crippen LogP) is 2.58. The van der Waals surface area contributed by atoms with Crippen LogP contribution in [0.25, 0.3) is 22.3 Å². The first-order valence-corrected chi connectivity index (χ1v) is 6.01. The SMILES string of the molecule is Nc1nc(-c2ccc(C(=O)O)cc2)nc2ccccc12. The van der Waals surface area contributed by atoms with Gasteiger partial charge < -0.3 is 10.8 Å². The molecule has 5 heteroatoms. The van der Waals surface area contributed by atoms with Gasteiger partial charge in [-0.1, -0.05) is 24.3 Å². The van der Waals surface area contributed by atoms with Gasteiger partial charge in [0.25, 0.3) is 0 Å². The van der Waals surface area contributed by atoms with Crippen molar-refractivity contribution in [3.05, 3.63) is 54.1 Å². The highest BCUT2D eigenvalue weighted by Gasteiger charge is 2.08. The third-order valence-electron chi connectivity index (χ3n) is 3.02. The van der Waals surface area contributed by atoms with Gasteiger partial charge in [-0.05, 0) is 24.3 Å². The van der Waals surface area contributed by atoms with Crippen LogP contribution in [0.4, 0.5) is 5.82 Å². The number of hydrogen-bond acceptors (Lipinski definition) is 4. The summed E-state index contributed by atoms with van der Waals surface area (Å²) in [4.78, 5) is 19.5. The zero-order valence-corrected chi connectivity index (χ0v) is 10.4. The van der Waals surface area contributed by atoms with Crippen molar-refractivity contribution in [2.45, 2.75) is 0 Å². The van der Waals surface area contributed by atoms with Crippen LogP contribution in [0.1, 0.15) is 10.4 Å². The topological polar surface area (TPSA) is 89.1 Å². The summed E-state index contributed by atoms with van der Waals surface area (Å²) in [6.45, 7) is 0. The number of carboxylic acids is 1. The molecule has 2 aromatic carbocycles. The molecular formula is C15H11N3O2. The highest BCUT2D eigenvalue weighted by molar-refractivity contribution is 5.90. The van der Waals surface area contributed by atoms with E-state index in [4.69, 9.17) is 10.8 Å². The van der Waals surface area contributed by atoms with Gasteiger partial charge in [0.1, 0.15) is 5.82 Å². The van der Waals surface area contributed by atoms with Crippen LogP contribution in [0, 0.1) is 0 Å². The molecule has 0 aliphatic rings. The summed E-state index contributed by atoms with van der Waals surface area (Å²) in [6.07, 6.45) is 0. The zero-order chi connectivity index (χ0) is 14.1. The van der Waals surface area contributed by atoms with E-state index in [0.717, 1.165) is 16.5 Å². The number of rotatable bonds is 2. The van der Waals surface area contributed by atoms with Gasteiger partial charge in [0.15, 0.2) is 5.82 Å². The number of aromatic nitrogens is 2. The fourth-order valence-electron chi connectivity index (χ4n) is 1.99. The minimum atomic E-state index is -0.963. The lowest BCUT2D eigenvalue weighted by Crippen LogP contribution is -1.99. The number of nitrogens with two attached hydrogens (primary N) is 1. The van der Waals surface area contributed by atoms with E-state index in [1.54, 1.807) is 12.1 Å². The Kier molecular flexibility index (Phi) is 2.80. The molecule has 0 fully saturated rings. The molecule has 0 unspecified atom stereocenters. The van der Waals surface area contributed by atoms with E-state index in [1.807, 2.05) is 24.3 Å². The largest absolute Gasteiger partial charge is 0.478 e. The van der Waals surface area contributed by atoms with E-state index in [9.17, 15) is 4.79 Å². The fourth-order valence-corrected chi connectivity index (χ4v) is 1.99. The number of para-hydroxylation sites is 1. The number of fused-ring (bicyclic) bond motifs is 1. The third-order valence-corrected chi connectivity index (χ3v) is 3.02. The molecular weight excluding hydrogens is 254 g/mol. The lowest BCUT2D eigenvalue weighted by atomic mass is 10.1. The second kappa shape index (κ2) is 4.62. The van der Waals surface area contributed by atoms with Crippen LogP contribution in [0.3, 0.4) is 0 Å². The Labute approximate surface area is 114 Å². The Morgan fingerprint density at radius 3 is 2.40 bits per heavy atom. The molecule has 0 amide bonds. The predicted molar refractivity (Wildman–Crippen MR) is 76.3 cm³/mol. The van der Waals surface area contributed by atoms with Crippen molar-refractivity contribution in [3.8, 4) is 11.4 Å². The van der Waals surface area contributed by atoms with Crippen molar-refractivity contribution in [2.75, 3.05) is 5.73 Å². The first kappa shape index (κ1) is 12.1. The standard InChI is InChI=1S/C15H11N3O2/c16-13-11-3-1-2-4-12(11)17-14(18-13)9-5-7-10(8-6-9)15(19)20/h1-8H,(H,19,20)(H2,16,17,18). The number of nitrogens with zero attached hydrogens (tertiary/aromatic N) is 2. The van der Waals surface area contributed by atoms with Crippen molar-refractivity contribution in [2.24, 2.45) is 0 Å². The van der Waals surface area contributed by atoms with Gasteiger partial charge in [-0.25, -0.2) is 14.8 Å². The molecule has 0 aliphatic heterocycles. The summed E-state index contributed by atoms with van der Waals surface area (Å²) in [7, 11) is 0. The van der Waals surface area contributed by atoms with E-state index < -0.39 is 5.97 Å². The minimum absolute atomic E-state index is 0.225. The molecule has 0 bridgehead atoms. The summed E-state index contributed by atoms with van der Waals surface area (Å²) < 4.78 is 0. The normalized spacial score (nSPS) is 10.6. The van der Waals surface area contributed by atoms with Gasteiger partial charge in [-0.2, -0.15) is 0 Å². The second-order valence-corrected chi connectivity index (χ2v) is 4.33. The number of carbonyl (C=O) groups is 1. The van der Waals surface area contributed by atoms with E-state index in [-0.39, 0.29) is 5.56 Å².